The van der Waals surface area contributed by atoms with Gasteiger partial charge in [0, 0.05) is 43.3 Å². The molecule has 1 aromatic heterocycles. The minimum atomic E-state index is -0.309. The molecule has 1 aliphatic heterocycles. The molecule has 0 unspecified atom stereocenters. The van der Waals surface area contributed by atoms with Crippen LogP contribution in [0.15, 0.2) is 36.2 Å². The predicted octanol–water partition coefficient (Wildman–Crippen LogP) is 3.06. The molecule has 0 fully saturated rings. The van der Waals surface area contributed by atoms with E-state index in [2.05, 4.69) is 12.2 Å². The number of nitrogens with zero attached hydrogens (tertiary/aromatic N) is 2. The highest BCUT2D eigenvalue weighted by Gasteiger charge is 2.34. The molecule has 5 heteroatoms. The average molecular weight is 339 g/mol. The average Bonchev–Trinajstić information content (AvgIpc) is 3.08. The number of carbonyl (C=O) groups is 2. The van der Waals surface area contributed by atoms with E-state index in [-0.39, 0.29) is 11.8 Å². The van der Waals surface area contributed by atoms with Gasteiger partial charge in [-0.15, -0.1) is 0 Å². The highest BCUT2D eigenvalue weighted by atomic mass is 16.2. The molecule has 0 bridgehead atoms. The number of aromatic nitrogens is 1. The number of rotatable bonds is 7. The molecular formula is C20H25N3O2. The van der Waals surface area contributed by atoms with Gasteiger partial charge in [-0.1, -0.05) is 44.4 Å². The Balaban J connectivity index is 2.01. The van der Waals surface area contributed by atoms with Crippen molar-refractivity contribution in [2.45, 2.75) is 32.6 Å². The fourth-order valence-corrected chi connectivity index (χ4v) is 3.49. The number of carbonyl (C=O) groups excluding carboxylic acids is 2. The lowest BCUT2D eigenvalue weighted by molar-refractivity contribution is -0.124. The third-order valence-electron chi connectivity index (χ3n) is 4.80. The van der Waals surface area contributed by atoms with Crippen molar-refractivity contribution in [3.8, 4) is 0 Å². The van der Waals surface area contributed by atoms with E-state index in [9.17, 15) is 9.59 Å². The Morgan fingerprint density at radius 3 is 2.60 bits per heavy atom. The zero-order valence-corrected chi connectivity index (χ0v) is 15.1. The summed E-state index contributed by atoms with van der Waals surface area (Å²) in [6.07, 6.45) is 6.44. The topological polar surface area (TPSA) is 54.3 Å². The molecule has 2 heterocycles. The van der Waals surface area contributed by atoms with Crippen LogP contribution in [0.5, 0.6) is 0 Å². The van der Waals surface area contributed by atoms with Gasteiger partial charge in [0.15, 0.2) is 0 Å². The van der Waals surface area contributed by atoms with Gasteiger partial charge < -0.3 is 9.47 Å². The van der Waals surface area contributed by atoms with Crippen LogP contribution in [0.25, 0.3) is 16.5 Å². The van der Waals surface area contributed by atoms with Crippen molar-refractivity contribution in [1.29, 1.82) is 0 Å². The van der Waals surface area contributed by atoms with Gasteiger partial charge in [-0.2, -0.15) is 0 Å². The van der Waals surface area contributed by atoms with Gasteiger partial charge in [-0.25, -0.2) is 0 Å². The first kappa shape index (κ1) is 17.3. The number of hydrogen-bond donors (Lipinski definition) is 1. The SMILES string of the molecule is CCCCCCN(C)C1=C(c2cn(C)c3ccccc23)C(=O)NC1=O. The minimum absolute atomic E-state index is 0.300. The monoisotopic (exact) mass is 339 g/mol. The van der Waals surface area contributed by atoms with Crippen molar-refractivity contribution in [3.05, 3.63) is 41.7 Å². The second kappa shape index (κ2) is 7.13. The number of para-hydroxylation sites is 1. The Labute approximate surface area is 148 Å². The molecule has 0 saturated heterocycles. The molecule has 0 saturated carbocycles. The summed E-state index contributed by atoms with van der Waals surface area (Å²) in [4.78, 5) is 26.8. The van der Waals surface area contributed by atoms with Crippen molar-refractivity contribution in [1.82, 2.24) is 14.8 Å². The molecule has 0 spiro atoms. The lowest BCUT2D eigenvalue weighted by atomic mass is 10.0. The first-order valence-electron chi connectivity index (χ1n) is 8.90. The molecular weight excluding hydrogens is 314 g/mol. The normalized spacial score (nSPS) is 14.5. The first-order chi connectivity index (χ1) is 12.0. The molecule has 25 heavy (non-hydrogen) atoms. The van der Waals surface area contributed by atoms with Crippen LogP contribution in [0.3, 0.4) is 0 Å². The highest BCUT2D eigenvalue weighted by molar-refractivity contribution is 6.37. The summed E-state index contributed by atoms with van der Waals surface area (Å²) in [5, 5.41) is 3.46. The van der Waals surface area contributed by atoms with Crippen LogP contribution >= 0.6 is 0 Å². The summed E-state index contributed by atoms with van der Waals surface area (Å²) in [5.41, 5.74) is 2.83. The van der Waals surface area contributed by atoms with Crippen molar-refractivity contribution in [2.24, 2.45) is 7.05 Å². The van der Waals surface area contributed by atoms with Crippen molar-refractivity contribution >= 4 is 28.3 Å². The molecule has 1 N–H and O–H groups in total. The lowest BCUT2D eigenvalue weighted by Crippen LogP contribution is -2.29. The summed E-state index contributed by atoms with van der Waals surface area (Å²) in [6.45, 7) is 2.94. The van der Waals surface area contributed by atoms with E-state index in [1.54, 1.807) is 0 Å². The van der Waals surface area contributed by atoms with Crippen LogP contribution < -0.4 is 5.32 Å². The molecule has 2 amide bonds. The van der Waals surface area contributed by atoms with Gasteiger partial charge in [-0.3, -0.25) is 14.9 Å². The summed E-state index contributed by atoms with van der Waals surface area (Å²) < 4.78 is 1.99. The summed E-state index contributed by atoms with van der Waals surface area (Å²) in [7, 11) is 3.85. The highest BCUT2D eigenvalue weighted by Crippen LogP contribution is 2.32. The van der Waals surface area contributed by atoms with E-state index in [4.69, 9.17) is 0 Å². The fraction of sp³-hybridized carbons (Fsp3) is 0.400. The number of hydrogen-bond acceptors (Lipinski definition) is 3. The maximum absolute atomic E-state index is 12.5. The summed E-state index contributed by atoms with van der Waals surface area (Å²) in [5.74, 6) is -0.609. The Morgan fingerprint density at radius 1 is 1.08 bits per heavy atom. The van der Waals surface area contributed by atoms with E-state index >= 15 is 0 Å². The van der Waals surface area contributed by atoms with Gasteiger partial charge in [0.1, 0.15) is 5.70 Å². The molecule has 0 aliphatic carbocycles. The molecule has 0 atom stereocenters. The van der Waals surface area contributed by atoms with Gasteiger partial charge in [0.2, 0.25) is 0 Å². The van der Waals surface area contributed by atoms with Crippen LogP contribution in [-0.2, 0) is 16.6 Å². The van der Waals surface area contributed by atoms with Crippen molar-refractivity contribution in [2.75, 3.05) is 13.6 Å². The summed E-state index contributed by atoms with van der Waals surface area (Å²) >= 11 is 0. The zero-order chi connectivity index (χ0) is 18.0. The largest absolute Gasteiger partial charge is 0.369 e. The number of fused-ring (bicyclic) bond motifs is 1. The van der Waals surface area contributed by atoms with Crippen molar-refractivity contribution in [3.63, 3.8) is 0 Å². The standard InChI is InChI=1S/C20H25N3O2/c1-4-5-6-9-12-22(2)18-17(19(24)21-20(18)25)15-13-23(3)16-11-8-7-10-14(15)16/h7-8,10-11,13H,4-6,9,12H2,1-3H3,(H,21,24,25). The van der Waals surface area contributed by atoms with E-state index < -0.39 is 0 Å². The van der Waals surface area contributed by atoms with E-state index in [1.165, 1.54) is 12.8 Å². The van der Waals surface area contributed by atoms with E-state index in [1.807, 2.05) is 54.0 Å². The lowest BCUT2D eigenvalue weighted by Gasteiger charge is -2.19. The second-order valence-corrected chi connectivity index (χ2v) is 6.66. The fourth-order valence-electron chi connectivity index (χ4n) is 3.49. The molecule has 5 nitrogen and oxygen atoms in total. The third kappa shape index (κ3) is 3.18. The van der Waals surface area contributed by atoms with Gasteiger partial charge in [0.25, 0.3) is 11.8 Å². The third-order valence-corrected chi connectivity index (χ3v) is 4.80. The maximum atomic E-state index is 12.5. The minimum Gasteiger partial charge on any atom is -0.369 e. The molecule has 0 radical (unpaired) electrons. The molecule has 3 rings (SSSR count). The smallest absolute Gasteiger partial charge is 0.275 e. The Bertz CT molecular complexity index is 848. The van der Waals surface area contributed by atoms with Crippen LogP contribution in [0.1, 0.15) is 38.2 Å². The van der Waals surface area contributed by atoms with Crippen LogP contribution in [0, 0.1) is 0 Å². The number of aryl methyl sites for hydroxylation is 1. The van der Waals surface area contributed by atoms with Gasteiger partial charge in [0.05, 0.1) is 5.57 Å². The number of imide groups is 1. The number of amides is 2. The Kier molecular flexibility index (Phi) is 4.93. The number of benzene rings is 1. The molecule has 1 aliphatic rings. The van der Waals surface area contributed by atoms with Crippen LogP contribution in [0.4, 0.5) is 0 Å². The van der Waals surface area contributed by atoms with E-state index in [0.717, 1.165) is 35.9 Å². The Morgan fingerprint density at radius 2 is 1.84 bits per heavy atom. The second-order valence-electron chi connectivity index (χ2n) is 6.66. The number of likely N-dealkylation sites (N-methyl/N-ethyl adjacent to an activating group) is 1. The number of unbranched alkanes of at least 4 members (excludes halogenated alkanes) is 3. The van der Waals surface area contributed by atoms with Gasteiger partial charge >= 0.3 is 0 Å². The molecule has 132 valence electrons. The molecule has 2 aromatic rings. The number of nitrogens with one attached hydrogen (secondary N) is 1. The predicted molar refractivity (Wildman–Crippen MR) is 99.8 cm³/mol. The molecule has 1 aromatic carbocycles. The van der Waals surface area contributed by atoms with Crippen LogP contribution in [-0.4, -0.2) is 34.9 Å². The first-order valence-corrected chi connectivity index (χ1v) is 8.90. The zero-order valence-electron chi connectivity index (χ0n) is 15.1. The van der Waals surface area contributed by atoms with E-state index in [0.29, 0.717) is 11.3 Å². The van der Waals surface area contributed by atoms with Crippen LogP contribution in [0.2, 0.25) is 0 Å². The van der Waals surface area contributed by atoms with Crippen molar-refractivity contribution < 1.29 is 9.59 Å². The Hall–Kier alpha value is -2.56. The quantitative estimate of drug-likeness (QED) is 0.623. The summed E-state index contributed by atoms with van der Waals surface area (Å²) in [6, 6.07) is 7.94. The maximum Gasteiger partial charge on any atom is 0.275 e. The van der Waals surface area contributed by atoms with Gasteiger partial charge in [-0.05, 0) is 12.5 Å².